The van der Waals surface area contributed by atoms with Gasteiger partial charge in [0.05, 0.1) is 10.6 Å². The Morgan fingerprint density at radius 1 is 0.909 bits per heavy atom. The molecule has 33 heavy (non-hydrogen) atoms. The summed E-state index contributed by atoms with van der Waals surface area (Å²) in [4.78, 5) is 0. The zero-order chi connectivity index (χ0) is 22.6. The molecule has 0 bridgehead atoms. The van der Waals surface area contributed by atoms with Crippen LogP contribution in [-0.2, 0) is 18.2 Å². The standard InChI is InChI=1S/C27H26O4P2/c1-19-14-15-21-23-10-4-7-13-27(23)33(29,31-25(21)18-19)17-16-32(28)26-12-6-3-9-22(26)20-8-2-5-11-24(20)30-32/h2-7,9-13,15,18-20H,8,14,16-17H2,1H3. The normalized spacial score (nSPS) is 31.4. The quantitative estimate of drug-likeness (QED) is 0.476. The van der Waals surface area contributed by atoms with Crippen LogP contribution >= 0.6 is 14.7 Å². The summed E-state index contributed by atoms with van der Waals surface area (Å²) in [6.07, 6.45) is 12.3. The summed E-state index contributed by atoms with van der Waals surface area (Å²) in [6.45, 7) is 2.13. The molecule has 4 atom stereocenters. The van der Waals surface area contributed by atoms with Crippen LogP contribution in [0, 0.1) is 5.92 Å². The van der Waals surface area contributed by atoms with Gasteiger partial charge in [0.2, 0.25) is 0 Å². The van der Waals surface area contributed by atoms with Gasteiger partial charge in [-0.05, 0) is 54.2 Å². The van der Waals surface area contributed by atoms with Crippen molar-refractivity contribution in [2.45, 2.75) is 25.7 Å². The van der Waals surface area contributed by atoms with Crippen LogP contribution in [0.1, 0.15) is 36.8 Å². The molecular weight excluding hydrogens is 450 g/mol. The van der Waals surface area contributed by atoms with Crippen LogP contribution in [-0.4, -0.2) is 12.3 Å². The van der Waals surface area contributed by atoms with E-state index in [0.29, 0.717) is 11.7 Å². The van der Waals surface area contributed by atoms with Gasteiger partial charge in [0.15, 0.2) is 0 Å². The Morgan fingerprint density at radius 2 is 1.64 bits per heavy atom. The molecule has 2 aromatic rings. The van der Waals surface area contributed by atoms with Gasteiger partial charge in [-0.3, -0.25) is 9.13 Å². The van der Waals surface area contributed by atoms with E-state index in [0.717, 1.165) is 45.9 Å². The first-order valence-corrected chi connectivity index (χ1v) is 15.1. The lowest BCUT2D eigenvalue weighted by atomic mass is 9.90. The van der Waals surface area contributed by atoms with Crippen molar-refractivity contribution < 1.29 is 18.2 Å². The number of benzene rings is 2. The van der Waals surface area contributed by atoms with Gasteiger partial charge in [0.25, 0.3) is 14.7 Å². The highest BCUT2D eigenvalue weighted by molar-refractivity contribution is 7.71. The molecule has 4 unspecified atom stereocenters. The zero-order valence-corrected chi connectivity index (χ0v) is 20.3. The SMILES string of the molecule is CC1C=C2OP(=O)(CCP3(=O)OC4=CC=CCC4c4ccccc43)c3ccccc3C2=CC1. The molecule has 0 amide bonds. The lowest BCUT2D eigenvalue weighted by Crippen LogP contribution is -2.28. The minimum atomic E-state index is -3.27. The molecule has 4 aliphatic rings. The van der Waals surface area contributed by atoms with Crippen molar-refractivity contribution in [3.8, 4) is 0 Å². The Balaban J connectivity index is 1.38. The maximum absolute atomic E-state index is 14.3. The average molecular weight is 476 g/mol. The largest absolute Gasteiger partial charge is 0.444 e. The van der Waals surface area contributed by atoms with Crippen LogP contribution < -0.4 is 10.6 Å². The van der Waals surface area contributed by atoms with Crippen LogP contribution in [0.4, 0.5) is 0 Å². The second-order valence-electron chi connectivity index (χ2n) is 9.20. The number of hydrogen-bond acceptors (Lipinski definition) is 4. The van der Waals surface area contributed by atoms with Crippen LogP contribution in [0.15, 0.2) is 90.4 Å². The predicted molar refractivity (Wildman–Crippen MR) is 134 cm³/mol. The minimum absolute atomic E-state index is 0.0949. The topological polar surface area (TPSA) is 52.6 Å². The second kappa shape index (κ2) is 7.76. The maximum atomic E-state index is 14.3. The Labute approximate surface area is 194 Å². The fraction of sp³-hybridized carbons (Fsp3) is 0.259. The van der Waals surface area contributed by atoms with Crippen LogP contribution in [0.3, 0.4) is 0 Å². The first-order chi connectivity index (χ1) is 16.0. The first kappa shape index (κ1) is 21.0. The van der Waals surface area contributed by atoms with E-state index in [1.165, 1.54) is 0 Å². The second-order valence-corrected chi connectivity index (χ2v) is 14.1. The molecule has 0 aromatic heterocycles. The van der Waals surface area contributed by atoms with E-state index in [1.54, 1.807) is 0 Å². The summed E-state index contributed by atoms with van der Waals surface area (Å²) in [5, 5.41) is 1.47. The van der Waals surface area contributed by atoms with Crippen molar-refractivity contribution >= 4 is 30.9 Å². The van der Waals surface area contributed by atoms with Gasteiger partial charge in [0.1, 0.15) is 11.5 Å². The third kappa shape index (κ3) is 3.43. The van der Waals surface area contributed by atoms with Crippen molar-refractivity contribution in [1.82, 2.24) is 0 Å². The van der Waals surface area contributed by atoms with Gasteiger partial charge < -0.3 is 9.05 Å². The van der Waals surface area contributed by atoms with Crippen LogP contribution in [0.2, 0.25) is 0 Å². The van der Waals surface area contributed by atoms with Gasteiger partial charge in [-0.15, -0.1) is 0 Å². The molecule has 6 heteroatoms. The van der Waals surface area contributed by atoms with Gasteiger partial charge in [0, 0.05) is 23.8 Å². The Hall–Kier alpha value is -2.54. The zero-order valence-electron chi connectivity index (χ0n) is 18.5. The van der Waals surface area contributed by atoms with Gasteiger partial charge >= 0.3 is 0 Å². The third-order valence-corrected chi connectivity index (χ3v) is 12.2. The monoisotopic (exact) mass is 476 g/mol. The fourth-order valence-electron chi connectivity index (χ4n) is 5.24. The molecule has 2 aliphatic heterocycles. The summed E-state index contributed by atoms with van der Waals surface area (Å²) in [5.41, 5.74) is 3.04. The molecule has 0 N–H and O–H groups in total. The fourth-order valence-corrected chi connectivity index (χ4v) is 11.0. The number of allylic oxidation sites excluding steroid dienone is 7. The molecule has 4 nitrogen and oxygen atoms in total. The van der Waals surface area contributed by atoms with Crippen molar-refractivity contribution in [2.24, 2.45) is 5.92 Å². The number of hydrogen-bond donors (Lipinski definition) is 0. The lowest BCUT2D eigenvalue weighted by Gasteiger charge is -2.36. The summed E-state index contributed by atoms with van der Waals surface area (Å²) in [5.74, 6) is 1.87. The first-order valence-electron chi connectivity index (χ1n) is 11.5. The molecule has 2 heterocycles. The molecule has 0 radical (unpaired) electrons. The molecule has 0 fully saturated rings. The van der Waals surface area contributed by atoms with E-state index < -0.39 is 14.7 Å². The molecule has 6 rings (SSSR count). The molecule has 0 saturated heterocycles. The van der Waals surface area contributed by atoms with Gasteiger partial charge in [-0.2, -0.15) is 0 Å². The van der Waals surface area contributed by atoms with Crippen LogP contribution in [0.5, 0.6) is 0 Å². The molecule has 2 aromatic carbocycles. The van der Waals surface area contributed by atoms with Crippen molar-refractivity contribution in [3.05, 3.63) is 102 Å². The smallest absolute Gasteiger partial charge is 0.278 e. The summed E-state index contributed by atoms with van der Waals surface area (Å²) >= 11 is 0. The highest BCUT2D eigenvalue weighted by Gasteiger charge is 2.44. The Bertz CT molecular complexity index is 1360. The highest BCUT2D eigenvalue weighted by Crippen LogP contribution is 2.62. The number of fused-ring (bicyclic) bond motifs is 6. The highest BCUT2D eigenvalue weighted by atomic mass is 31.2. The van der Waals surface area contributed by atoms with E-state index in [4.69, 9.17) is 9.05 Å². The van der Waals surface area contributed by atoms with E-state index in [1.807, 2.05) is 60.7 Å². The van der Waals surface area contributed by atoms with Crippen molar-refractivity contribution in [3.63, 3.8) is 0 Å². The van der Waals surface area contributed by atoms with Crippen molar-refractivity contribution in [2.75, 3.05) is 12.3 Å². The predicted octanol–water partition coefficient (Wildman–Crippen LogP) is 6.49. The van der Waals surface area contributed by atoms with E-state index >= 15 is 0 Å². The van der Waals surface area contributed by atoms with Crippen LogP contribution in [0.25, 0.3) is 5.57 Å². The summed E-state index contributed by atoms with van der Waals surface area (Å²) in [7, 11) is -6.52. The minimum Gasteiger partial charge on any atom is -0.444 e. The van der Waals surface area contributed by atoms with E-state index in [-0.39, 0.29) is 18.2 Å². The van der Waals surface area contributed by atoms with E-state index in [9.17, 15) is 9.13 Å². The lowest BCUT2D eigenvalue weighted by molar-refractivity contribution is 0.368. The Kier molecular flexibility index (Phi) is 4.94. The Morgan fingerprint density at radius 3 is 2.48 bits per heavy atom. The van der Waals surface area contributed by atoms with Gasteiger partial charge in [-0.25, -0.2) is 0 Å². The summed E-state index contributed by atoms with van der Waals surface area (Å²) < 4.78 is 41.0. The molecule has 168 valence electrons. The van der Waals surface area contributed by atoms with E-state index in [2.05, 4.69) is 25.2 Å². The molecule has 2 aliphatic carbocycles. The summed E-state index contributed by atoms with van der Waals surface area (Å²) in [6, 6.07) is 15.6. The maximum Gasteiger partial charge on any atom is 0.278 e. The average Bonchev–Trinajstić information content (AvgIpc) is 2.83. The van der Waals surface area contributed by atoms with Gasteiger partial charge in [-0.1, -0.05) is 61.5 Å². The molecular formula is C27H26O4P2. The van der Waals surface area contributed by atoms with Crippen molar-refractivity contribution in [1.29, 1.82) is 0 Å². The molecule has 0 spiro atoms. The third-order valence-electron chi connectivity index (χ3n) is 6.93. The number of rotatable bonds is 3. The molecule has 0 saturated carbocycles.